The van der Waals surface area contributed by atoms with Crippen molar-refractivity contribution in [2.24, 2.45) is 5.73 Å². The van der Waals surface area contributed by atoms with Gasteiger partial charge in [0.15, 0.2) is 0 Å². The van der Waals surface area contributed by atoms with Gasteiger partial charge in [0.05, 0.1) is 6.54 Å². The van der Waals surface area contributed by atoms with Crippen LogP contribution in [0.15, 0.2) is 6.07 Å². The molecule has 1 amide bonds. The third-order valence-electron chi connectivity index (χ3n) is 3.09. The summed E-state index contributed by atoms with van der Waals surface area (Å²) in [6.07, 6.45) is 4.26. The maximum Gasteiger partial charge on any atom is 0.236 e. The van der Waals surface area contributed by atoms with E-state index in [9.17, 15) is 4.79 Å². The Bertz CT molecular complexity index is 462. The number of anilines is 1. The standard InChI is InChI=1S/C13H19ClN4O/c1-2-3-6-18(8-11(15)19)12-7-10(14)16-13(17-12)9-4-5-9/h7,9H,2-6,8H2,1H3,(H2,15,19). The molecule has 19 heavy (non-hydrogen) atoms. The number of carbonyl (C=O) groups excluding carboxylic acids is 1. The number of hydrogen-bond acceptors (Lipinski definition) is 4. The monoisotopic (exact) mass is 282 g/mol. The molecule has 0 bridgehead atoms. The van der Waals surface area contributed by atoms with Crippen LogP contribution in [-0.2, 0) is 4.79 Å². The molecule has 6 heteroatoms. The van der Waals surface area contributed by atoms with Gasteiger partial charge in [0.1, 0.15) is 16.8 Å². The number of primary amides is 1. The fourth-order valence-electron chi connectivity index (χ4n) is 1.92. The van der Waals surface area contributed by atoms with E-state index in [1.54, 1.807) is 6.07 Å². The van der Waals surface area contributed by atoms with Gasteiger partial charge in [-0.2, -0.15) is 0 Å². The molecule has 1 aliphatic carbocycles. The van der Waals surface area contributed by atoms with Crippen molar-refractivity contribution in [1.82, 2.24) is 9.97 Å². The number of carbonyl (C=O) groups is 1. The molecule has 1 heterocycles. The average Bonchev–Trinajstić information content (AvgIpc) is 3.17. The zero-order valence-corrected chi connectivity index (χ0v) is 11.9. The summed E-state index contributed by atoms with van der Waals surface area (Å²) in [6, 6.07) is 1.70. The summed E-state index contributed by atoms with van der Waals surface area (Å²) < 4.78 is 0. The number of hydrogen-bond donors (Lipinski definition) is 1. The number of nitrogens with zero attached hydrogens (tertiary/aromatic N) is 3. The Morgan fingerprint density at radius 3 is 2.84 bits per heavy atom. The van der Waals surface area contributed by atoms with Gasteiger partial charge >= 0.3 is 0 Å². The third kappa shape index (κ3) is 4.06. The van der Waals surface area contributed by atoms with Crippen molar-refractivity contribution < 1.29 is 4.79 Å². The number of aromatic nitrogens is 2. The van der Waals surface area contributed by atoms with Gasteiger partial charge in [0, 0.05) is 18.5 Å². The molecule has 2 N–H and O–H groups in total. The second kappa shape index (κ2) is 6.19. The molecule has 104 valence electrons. The van der Waals surface area contributed by atoms with Crippen LogP contribution in [0.4, 0.5) is 5.82 Å². The van der Waals surface area contributed by atoms with Crippen molar-refractivity contribution >= 4 is 23.3 Å². The summed E-state index contributed by atoms with van der Waals surface area (Å²) in [5.41, 5.74) is 5.29. The number of rotatable bonds is 7. The summed E-state index contributed by atoms with van der Waals surface area (Å²) >= 11 is 6.04. The summed E-state index contributed by atoms with van der Waals surface area (Å²) in [4.78, 5) is 21.8. The normalized spacial score (nSPS) is 14.4. The first-order valence-electron chi connectivity index (χ1n) is 6.68. The first-order chi connectivity index (χ1) is 9.10. The zero-order chi connectivity index (χ0) is 13.8. The largest absolute Gasteiger partial charge is 0.368 e. The minimum Gasteiger partial charge on any atom is -0.368 e. The molecule has 5 nitrogen and oxygen atoms in total. The van der Waals surface area contributed by atoms with Crippen molar-refractivity contribution in [3.63, 3.8) is 0 Å². The fraction of sp³-hybridized carbons (Fsp3) is 0.615. The molecule has 1 aromatic rings. The molecule has 0 radical (unpaired) electrons. The second-order valence-corrected chi connectivity index (χ2v) is 5.31. The highest BCUT2D eigenvalue weighted by Gasteiger charge is 2.28. The van der Waals surface area contributed by atoms with Crippen LogP contribution in [-0.4, -0.2) is 29.0 Å². The van der Waals surface area contributed by atoms with E-state index in [2.05, 4.69) is 16.9 Å². The van der Waals surface area contributed by atoms with E-state index in [0.29, 0.717) is 16.9 Å². The molecule has 0 aliphatic heterocycles. The Hall–Kier alpha value is -1.36. The van der Waals surface area contributed by atoms with Crippen molar-refractivity contribution in [2.75, 3.05) is 18.0 Å². The molecule has 1 fully saturated rings. The van der Waals surface area contributed by atoms with Gasteiger partial charge in [-0.25, -0.2) is 9.97 Å². The smallest absolute Gasteiger partial charge is 0.236 e. The van der Waals surface area contributed by atoms with Crippen molar-refractivity contribution in [1.29, 1.82) is 0 Å². The molecule has 1 aromatic heterocycles. The summed E-state index contributed by atoms with van der Waals surface area (Å²) in [5, 5.41) is 0.429. The topological polar surface area (TPSA) is 72.1 Å². The Balaban J connectivity index is 2.20. The molecule has 2 rings (SSSR count). The number of amides is 1. The van der Waals surface area contributed by atoms with Crippen molar-refractivity contribution in [3.8, 4) is 0 Å². The number of halogens is 1. The van der Waals surface area contributed by atoms with Crippen LogP contribution in [0, 0.1) is 0 Å². The molecule has 0 aromatic carbocycles. The van der Waals surface area contributed by atoms with Gasteiger partial charge in [0.2, 0.25) is 5.91 Å². The second-order valence-electron chi connectivity index (χ2n) is 4.92. The molecule has 0 spiro atoms. The molecule has 0 atom stereocenters. The first-order valence-corrected chi connectivity index (χ1v) is 7.05. The van der Waals surface area contributed by atoms with E-state index in [1.807, 2.05) is 4.90 Å². The lowest BCUT2D eigenvalue weighted by molar-refractivity contribution is -0.116. The fourth-order valence-corrected chi connectivity index (χ4v) is 2.10. The van der Waals surface area contributed by atoms with Crippen LogP contribution >= 0.6 is 11.6 Å². The Morgan fingerprint density at radius 1 is 1.53 bits per heavy atom. The van der Waals surface area contributed by atoms with Gasteiger partial charge in [-0.05, 0) is 19.3 Å². The van der Waals surface area contributed by atoms with E-state index in [1.165, 1.54) is 0 Å². The summed E-state index contributed by atoms with van der Waals surface area (Å²) in [5.74, 6) is 1.56. The van der Waals surface area contributed by atoms with Crippen LogP contribution in [0.3, 0.4) is 0 Å². The maximum atomic E-state index is 11.2. The third-order valence-corrected chi connectivity index (χ3v) is 3.29. The Morgan fingerprint density at radius 2 is 2.26 bits per heavy atom. The molecule has 1 saturated carbocycles. The first kappa shape index (κ1) is 14.1. The van der Waals surface area contributed by atoms with E-state index >= 15 is 0 Å². The van der Waals surface area contributed by atoms with Gasteiger partial charge < -0.3 is 10.6 Å². The van der Waals surface area contributed by atoms with Crippen LogP contribution in [0.2, 0.25) is 5.15 Å². The predicted octanol–water partition coefficient (Wildman–Crippen LogP) is 2.10. The van der Waals surface area contributed by atoms with E-state index in [-0.39, 0.29) is 12.5 Å². The zero-order valence-electron chi connectivity index (χ0n) is 11.1. The van der Waals surface area contributed by atoms with E-state index in [0.717, 1.165) is 38.1 Å². The molecule has 0 unspecified atom stereocenters. The maximum absolute atomic E-state index is 11.2. The highest BCUT2D eigenvalue weighted by atomic mass is 35.5. The van der Waals surface area contributed by atoms with E-state index in [4.69, 9.17) is 17.3 Å². The van der Waals surface area contributed by atoms with Crippen LogP contribution in [0.25, 0.3) is 0 Å². The molecular weight excluding hydrogens is 264 g/mol. The van der Waals surface area contributed by atoms with Crippen LogP contribution in [0.5, 0.6) is 0 Å². The number of nitrogens with two attached hydrogens (primary N) is 1. The predicted molar refractivity (Wildman–Crippen MR) is 75.3 cm³/mol. The lowest BCUT2D eigenvalue weighted by Crippen LogP contribution is -2.35. The molecule has 0 saturated heterocycles. The lowest BCUT2D eigenvalue weighted by atomic mass is 10.3. The Kier molecular flexibility index (Phi) is 4.58. The summed E-state index contributed by atoms with van der Waals surface area (Å²) in [6.45, 7) is 3.01. The quantitative estimate of drug-likeness (QED) is 0.778. The van der Waals surface area contributed by atoms with E-state index < -0.39 is 0 Å². The van der Waals surface area contributed by atoms with Gasteiger partial charge in [0.25, 0.3) is 0 Å². The van der Waals surface area contributed by atoms with Crippen molar-refractivity contribution in [2.45, 2.75) is 38.5 Å². The van der Waals surface area contributed by atoms with Crippen molar-refractivity contribution in [3.05, 3.63) is 17.0 Å². The minimum atomic E-state index is -0.362. The molecule has 1 aliphatic rings. The highest BCUT2D eigenvalue weighted by molar-refractivity contribution is 6.29. The average molecular weight is 283 g/mol. The minimum absolute atomic E-state index is 0.164. The van der Waals surface area contributed by atoms with Gasteiger partial charge in [-0.1, -0.05) is 24.9 Å². The molecular formula is C13H19ClN4O. The van der Waals surface area contributed by atoms with Crippen LogP contribution in [0.1, 0.15) is 44.3 Å². The van der Waals surface area contributed by atoms with Gasteiger partial charge in [-0.15, -0.1) is 0 Å². The highest BCUT2D eigenvalue weighted by Crippen LogP contribution is 2.39. The Labute approximate surface area is 118 Å². The van der Waals surface area contributed by atoms with Gasteiger partial charge in [-0.3, -0.25) is 4.79 Å². The number of unbranched alkanes of at least 4 members (excludes halogenated alkanes) is 1. The van der Waals surface area contributed by atoms with Crippen LogP contribution < -0.4 is 10.6 Å². The lowest BCUT2D eigenvalue weighted by Gasteiger charge is -2.22. The summed E-state index contributed by atoms with van der Waals surface area (Å²) in [7, 11) is 0. The SMILES string of the molecule is CCCCN(CC(N)=O)c1cc(Cl)nc(C2CC2)n1.